The Labute approximate surface area is 245 Å². The van der Waals surface area contributed by atoms with Crippen molar-refractivity contribution < 1.29 is 37.9 Å². The molecule has 1 saturated heterocycles. The molecule has 0 bridgehead atoms. The average Bonchev–Trinajstić information content (AvgIpc) is 3.37. The molecule has 1 fully saturated rings. The number of benzene rings is 2. The number of carbonyl (C=O) groups is 5. The summed E-state index contributed by atoms with van der Waals surface area (Å²) in [4.78, 5) is 69.4. The van der Waals surface area contributed by atoms with Crippen molar-refractivity contribution in [3.8, 4) is 5.75 Å². The number of amides is 5. The summed E-state index contributed by atoms with van der Waals surface area (Å²) in [6, 6.07) is 5.72. The van der Waals surface area contributed by atoms with Gasteiger partial charge >= 0.3 is 0 Å². The molecule has 0 radical (unpaired) electrons. The summed E-state index contributed by atoms with van der Waals surface area (Å²) >= 11 is 0. The number of piperidine rings is 1. The first-order chi connectivity index (χ1) is 20.6. The van der Waals surface area contributed by atoms with Gasteiger partial charge in [0.1, 0.15) is 17.6 Å². The highest BCUT2D eigenvalue weighted by Crippen LogP contribution is 2.32. The number of hydrogen-bond acceptors (Lipinski definition) is 8. The fraction of sp³-hybridized carbons (Fsp3) is 0.333. The summed E-state index contributed by atoms with van der Waals surface area (Å²) < 4.78 is 27.3. The van der Waals surface area contributed by atoms with Crippen molar-refractivity contribution in [2.75, 3.05) is 18.4 Å². The number of amidine groups is 1. The van der Waals surface area contributed by atoms with Crippen molar-refractivity contribution in [2.45, 2.75) is 51.5 Å². The van der Waals surface area contributed by atoms with Crippen molar-refractivity contribution in [1.29, 1.82) is 0 Å². The maximum absolute atomic E-state index is 13.6. The average molecular weight is 594 g/mol. The minimum atomic E-state index is -1.13. The van der Waals surface area contributed by atoms with Gasteiger partial charge in [-0.2, -0.15) is 0 Å². The normalized spacial score (nSPS) is 19.3. The number of aliphatic imine (C=N–C) groups is 1. The monoisotopic (exact) mass is 593 g/mol. The van der Waals surface area contributed by atoms with Crippen molar-refractivity contribution >= 4 is 47.1 Å². The Morgan fingerprint density at radius 1 is 1.02 bits per heavy atom. The van der Waals surface area contributed by atoms with Gasteiger partial charge in [-0.3, -0.25) is 39.1 Å². The van der Waals surface area contributed by atoms with Crippen molar-refractivity contribution in [1.82, 2.24) is 15.1 Å². The first kappa shape index (κ1) is 29.5. The second-order valence-electron chi connectivity index (χ2n) is 10.5. The number of anilines is 1. The second-order valence-corrected chi connectivity index (χ2v) is 10.5. The van der Waals surface area contributed by atoms with Crippen molar-refractivity contribution in [3.63, 3.8) is 0 Å². The smallest absolute Gasteiger partial charge is 0.277 e. The van der Waals surface area contributed by atoms with Gasteiger partial charge in [0.05, 0.1) is 11.1 Å². The summed E-state index contributed by atoms with van der Waals surface area (Å²) in [5.41, 5.74) is 1.03. The quantitative estimate of drug-likeness (QED) is 0.217. The molecule has 0 aromatic heterocycles. The van der Waals surface area contributed by atoms with Gasteiger partial charge in [0.15, 0.2) is 17.4 Å². The highest BCUT2D eigenvalue weighted by Gasteiger charge is 2.45. The van der Waals surface area contributed by atoms with Crippen LogP contribution in [0.15, 0.2) is 41.0 Å². The number of nitrogens with zero attached hydrogens (tertiary/aromatic N) is 3. The first-order valence-corrected chi connectivity index (χ1v) is 13.9. The number of imide groups is 2. The van der Waals surface area contributed by atoms with E-state index in [9.17, 15) is 37.9 Å². The molecular formula is C30H29F2N5O6. The molecule has 43 heavy (non-hydrogen) atoms. The number of unbranched alkanes of at least 4 members (excludes halogenated alkanes) is 3. The second kappa shape index (κ2) is 12.1. The molecule has 1 unspecified atom stereocenters. The highest BCUT2D eigenvalue weighted by molar-refractivity contribution is 6.25. The summed E-state index contributed by atoms with van der Waals surface area (Å²) in [6.45, 7) is 2.61. The summed E-state index contributed by atoms with van der Waals surface area (Å²) in [7, 11) is 0. The van der Waals surface area contributed by atoms with E-state index in [2.05, 4.69) is 15.6 Å². The Hall–Kier alpha value is -4.94. The number of carbonyl (C=O) groups excluding carboxylic acids is 5. The lowest BCUT2D eigenvalue weighted by Crippen LogP contribution is -2.54. The van der Waals surface area contributed by atoms with Crippen LogP contribution in [0.2, 0.25) is 0 Å². The molecule has 5 amide bonds. The van der Waals surface area contributed by atoms with Crippen LogP contribution in [0.5, 0.6) is 5.75 Å². The van der Waals surface area contributed by atoms with Crippen LogP contribution in [-0.2, 0) is 14.4 Å². The van der Waals surface area contributed by atoms with E-state index in [4.69, 9.17) is 0 Å². The Morgan fingerprint density at radius 3 is 2.47 bits per heavy atom. The van der Waals surface area contributed by atoms with Crippen LogP contribution in [0.25, 0.3) is 6.08 Å². The van der Waals surface area contributed by atoms with Crippen molar-refractivity contribution in [3.05, 3.63) is 64.4 Å². The summed E-state index contributed by atoms with van der Waals surface area (Å²) in [5, 5.41) is 14.7. The number of aromatic hydroxyl groups is 1. The lowest BCUT2D eigenvalue weighted by atomic mass is 10.0. The predicted molar refractivity (Wildman–Crippen MR) is 151 cm³/mol. The molecule has 3 aliphatic rings. The van der Waals surface area contributed by atoms with Crippen LogP contribution in [-0.4, -0.2) is 69.4 Å². The third-order valence-corrected chi connectivity index (χ3v) is 7.57. The van der Waals surface area contributed by atoms with Gasteiger partial charge in [-0.1, -0.05) is 18.9 Å². The zero-order valence-corrected chi connectivity index (χ0v) is 23.3. The molecule has 3 N–H and O–H groups in total. The Bertz CT molecular complexity index is 1580. The van der Waals surface area contributed by atoms with E-state index in [1.165, 1.54) is 11.0 Å². The van der Waals surface area contributed by atoms with E-state index >= 15 is 0 Å². The molecule has 13 heteroatoms. The van der Waals surface area contributed by atoms with Gasteiger partial charge in [-0.05, 0) is 62.1 Å². The highest BCUT2D eigenvalue weighted by atomic mass is 19.1. The van der Waals surface area contributed by atoms with Crippen LogP contribution in [0.4, 0.5) is 14.5 Å². The van der Waals surface area contributed by atoms with Gasteiger partial charge in [0.2, 0.25) is 11.8 Å². The zero-order valence-electron chi connectivity index (χ0n) is 23.3. The molecular weight excluding hydrogens is 564 g/mol. The van der Waals surface area contributed by atoms with Crippen LogP contribution in [0.3, 0.4) is 0 Å². The van der Waals surface area contributed by atoms with Crippen LogP contribution in [0, 0.1) is 11.6 Å². The molecule has 3 heterocycles. The maximum Gasteiger partial charge on any atom is 0.277 e. The summed E-state index contributed by atoms with van der Waals surface area (Å²) in [5.74, 6) is -5.47. The molecule has 3 aliphatic heterocycles. The fourth-order valence-electron chi connectivity index (χ4n) is 5.39. The minimum Gasteiger partial charge on any atom is -0.503 e. The van der Waals surface area contributed by atoms with Gasteiger partial charge in [0, 0.05) is 25.2 Å². The predicted octanol–water partition coefficient (Wildman–Crippen LogP) is 3.35. The van der Waals surface area contributed by atoms with E-state index in [-0.39, 0.29) is 41.1 Å². The largest absolute Gasteiger partial charge is 0.503 e. The van der Waals surface area contributed by atoms with E-state index in [0.29, 0.717) is 31.0 Å². The molecule has 0 saturated carbocycles. The standard InChI is InChI=1S/C30H29F2N5O6/c1-16-34-22(15-17-13-19(31)26(39)20(32)14-17)29(42)36(16)12-5-3-2-4-11-33-21-8-6-7-18-25(21)30(43)37(28(18)41)23-9-10-24(38)35-27(23)40/h6-8,13-15,23,33,39H,2-5,9-12H2,1H3,(H,35,38,40)/b22-15-. The van der Waals surface area contributed by atoms with Crippen LogP contribution in [0.1, 0.15) is 71.7 Å². The van der Waals surface area contributed by atoms with E-state index in [1.54, 1.807) is 25.1 Å². The molecule has 0 spiro atoms. The number of hydrogen-bond donors (Lipinski definition) is 3. The number of nitrogens with one attached hydrogen (secondary N) is 2. The summed E-state index contributed by atoms with van der Waals surface area (Å²) in [6.07, 6.45) is 4.43. The zero-order chi connectivity index (χ0) is 30.8. The number of fused-ring (bicyclic) bond motifs is 1. The lowest BCUT2D eigenvalue weighted by Gasteiger charge is -2.27. The van der Waals surface area contributed by atoms with E-state index in [1.807, 2.05) is 0 Å². The molecule has 224 valence electrons. The number of halogens is 2. The third kappa shape index (κ3) is 5.87. The van der Waals surface area contributed by atoms with Gasteiger partial charge in [-0.25, -0.2) is 13.8 Å². The molecule has 0 aliphatic carbocycles. The van der Waals surface area contributed by atoms with Gasteiger partial charge in [-0.15, -0.1) is 0 Å². The number of phenolic OH excluding ortho intramolecular Hbond substituents is 1. The Balaban J connectivity index is 1.09. The SMILES string of the molecule is CC1=N/C(=C\c2cc(F)c(O)c(F)c2)C(=O)N1CCCCCCNc1cccc2c1C(=O)N(C1CCC(=O)NC1=O)C2=O. The number of rotatable bonds is 10. The van der Waals surface area contributed by atoms with E-state index < -0.39 is 47.1 Å². The maximum atomic E-state index is 13.6. The van der Waals surface area contributed by atoms with Crippen molar-refractivity contribution in [2.24, 2.45) is 4.99 Å². The molecule has 2 aromatic carbocycles. The molecule has 2 aromatic rings. The van der Waals surface area contributed by atoms with Crippen LogP contribution >= 0.6 is 0 Å². The van der Waals surface area contributed by atoms with Crippen LogP contribution < -0.4 is 10.6 Å². The van der Waals surface area contributed by atoms with Gasteiger partial charge in [0.25, 0.3) is 17.7 Å². The molecule has 11 nitrogen and oxygen atoms in total. The molecule has 5 rings (SSSR count). The molecule has 1 atom stereocenters. The van der Waals surface area contributed by atoms with Gasteiger partial charge < -0.3 is 10.4 Å². The Kier molecular flexibility index (Phi) is 8.33. The van der Waals surface area contributed by atoms with E-state index in [0.717, 1.165) is 36.3 Å². The minimum absolute atomic E-state index is 0.0470. The Morgan fingerprint density at radius 2 is 1.74 bits per heavy atom. The fourth-order valence-corrected chi connectivity index (χ4v) is 5.39. The third-order valence-electron chi connectivity index (χ3n) is 7.57. The number of phenols is 1. The first-order valence-electron chi connectivity index (χ1n) is 13.9. The topological polar surface area (TPSA) is 148 Å². The lowest BCUT2D eigenvalue weighted by molar-refractivity contribution is -0.136.